The lowest BCUT2D eigenvalue weighted by atomic mass is 9.90. The molecule has 3 aromatic carbocycles. The molecule has 0 radical (unpaired) electrons. The number of fused-ring (bicyclic) bond motifs is 3. The van der Waals surface area contributed by atoms with Gasteiger partial charge >= 0.3 is 5.97 Å². The number of rotatable bonds is 10. The number of anilines is 1. The fourth-order valence-corrected chi connectivity index (χ4v) is 5.91. The largest absolute Gasteiger partial charge is 0.494 e. The Hall–Kier alpha value is -3.36. The fourth-order valence-electron chi connectivity index (χ4n) is 5.27. The molecule has 200 valence electrons. The van der Waals surface area contributed by atoms with Crippen molar-refractivity contribution in [3.63, 3.8) is 0 Å². The summed E-state index contributed by atoms with van der Waals surface area (Å²) < 4.78 is 34.7. The van der Waals surface area contributed by atoms with E-state index >= 15 is 0 Å². The topological polar surface area (TPSA) is 102 Å². The van der Waals surface area contributed by atoms with Gasteiger partial charge in [0, 0.05) is 18.5 Å². The molecule has 7 nitrogen and oxygen atoms in total. The molecule has 1 aliphatic heterocycles. The van der Waals surface area contributed by atoms with Crippen LogP contribution in [0.4, 0.5) is 5.69 Å². The highest BCUT2D eigenvalue weighted by Crippen LogP contribution is 2.47. The number of ether oxygens (including phenoxy) is 2. The van der Waals surface area contributed by atoms with Crippen molar-refractivity contribution in [3.05, 3.63) is 82.4 Å². The van der Waals surface area contributed by atoms with Crippen molar-refractivity contribution in [1.29, 1.82) is 0 Å². The molecule has 38 heavy (non-hydrogen) atoms. The second kappa shape index (κ2) is 10.8. The SMILES string of the molecule is Cc1cc(OCCCS(C)(=O)=O)cc2c1-c1cccc(CNc3ccc(C4CC4C(=O)O)cc3)c1COC2. The van der Waals surface area contributed by atoms with Gasteiger partial charge in [-0.1, -0.05) is 30.3 Å². The third-order valence-corrected chi connectivity index (χ3v) is 8.32. The summed E-state index contributed by atoms with van der Waals surface area (Å²) in [5, 5.41) is 12.7. The average molecular weight is 536 g/mol. The number of aryl methyl sites for hydroxylation is 1. The molecular formula is C30H33NO6S. The molecule has 0 aromatic heterocycles. The van der Waals surface area contributed by atoms with Crippen molar-refractivity contribution in [1.82, 2.24) is 0 Å². The van der Waals surface area contributed by atoms with Gasteiger partial charge in [0.2, 0.25) is 0 Å². The van der Waals surface area contributed by atoms with E-state index in [9.17, 15) is 18.3 Å². The minimum atomic E-state index is -3.00. The van der Waals surface area contributed by atoms with Gasteiger partial charge < -0.3 is 19.9 Å². The summed E-state index contributed by atoms with van der Waals surface area (Å²) in [5.74, 6) is 0.00566. The van der Waals surface area contributed by atoms with E-state index < -0.39 is 15.8 Å². The number of benzene rings is 3. The van der Waals surface area contributed by atoms with Gasteiger partial charge in [0.25, 0.3) is 0 Å². The Morgan fingerprint density at radius 3 is 2.63 bits per heavy atom. The molecule has 2 N–H and O–H groups in total. The number of carboxylic acid groups (broad SMARTS) is 1. The molecule has 1 fully saturated rings. The first kappa shape index (κ1) is 26.3. The van der Waals surface area contributed by atoms with Gasteiger partial charge in [-0.05, 0) is 88.9 Å². The summed E-state index contributed by atoms with van der Waals surface area (Å²) in [7, 11) is -3.00. The van der Waals surface area contributed by atoms with Gasteiger partial charge in [0.15, 0.2) is 0 Å². The number of hydrogen-bond acceptors (Lipinski definition) is 6. The Kier molecular flexibility index (Phi) is 7.45. The molecule has 2 unspecified atom stereocenters. The number of nitrogens with one attached hydrogen (secondary N) is 1. The first-order chi connectivity index (χ1) is 18.2. The summed E-state index contributed by atoms with van der Waals surface area (Å²) in [4.78, 5) is 11.2. The van der Waals surface area contributed by atoms with E-state index in [1.54, 1.807) is 0 Å². The molecule has 0 saturated heterocycles. The monoisotopic (exact) mass is 535 g/mol. The predicted octanol–water partition coefficient (Wildman–Crippen LogP) is 5.31. The van der Waals surface area contributed by atoms with E-state index in [-0.39, 0.29) is 17.6 Å². The van der Waals surface area contributed by atoms with E-state index in [0.29, 0.717) is 32.8 Å². The zero-order chi connectivity index (χ0) is 26.9. The summed E-state index contributed by atoms with van der Waals surface area (Å²) in [6.45, 7) is 4.03. The molecule has 3 aromatic rings. The number of hydrogen-bond donors (Lipinski definition) is 2. The van der Waals surface area contributed by atoms with Crippen LogP contribution < -0.4 is 10.1 Å². The van der Waals surface area contributed by atoms with E-state index in [1.165, 1.54) is 6.26 Å². The van der Waals surface area contributed by atoms with Crippen molar-refractivity contribution < 1.29 is 27.8 Å². The van der Waals surface area contributed by atoms with Crippen molar-refractivity contribution in [2.75, 3.05) is 23.9 Å². The standard InChI is InChI=1S/C30H33NO6S/c1-19-13-24(37-11-4-12-38(2,34)35)14-22-17-36-18-28-21(5-3-6-25(28)29(19)22)16-31-23-9-7-20(8-10-23)26-15-27(26)30(32)33/h3,5-10,13-14,26-27,31H,4,11-12,15-18H2,1-2H3,(H,32,33). The summed E-state index contributed by atoms with van der Waals surface area (Å²) in [6.07, 6.45) is 2.41. The van der Waals surface area contributed by atoms with E-state index in [1.807, 2.05) is 36.4 Å². The van der Waals surface area contributed by atoms with Gasteiger partial charge in [0.05, 0.1) is 31.5 Å². The van der Waals surface area contributed by atoms with Gasteiger partial charge in [-0.3, -0.25) is 4.79 Å². The Bertz CT molecular complexity index is 1450. The summed E-state index contributed by atoms with van der Waals surface area (Å²) in [6, 6.07) is 18.4. The van der Waals surface area contributed by atoms with Crippen LogP contribution in [0.5, 0.6) is 5.75 Å². The molecule has 1 heterocycles. The lowest BCUT2D eigenvalue weighted by Gasteiger charge is -2.17. The van der Waals surface area contributed by atoms with Crippen LogP contribution in [0.15, 0.2) is 54.6 Å². The molecule has 1 saturated carbocycles. The highest BCUT2D eigenvalue weighted by Gasteiger charge is 2.44. The molecule has 1 aliphatic carbocycles. The molecule has 2 aliphatic rings. The fraction of sp³-hybridized carbons (Fsp3) is 0.367. The first-order valence-electron chi connectivity index (χ1n) is 12.9. The summed E-state index contributed by atoms with van der Waals surface area (Å²) in [5.41, 5.74) is 8.84. The number of carbonyl (C=O) groups is 1. The van der Waals surface area contributed by atoms with Crippen LogP contribution in [-0.2, 0) is 39.1 Å². The van der Waals surface area contributed by atoms with Crippen molar-refractivity contribution in [2.45, 2.75) is 45.4 Å². The van der Waals surface area contributed by atoms with Crippen molar-refractivity contribution in [2.24, 2.45) is 5.92 Å². The Morgan fingerprint density at radius 2 is 1.92 bits per heavy atom. The van der Waals surface area contributed by atoms with Crippen molar-refractivity contribution >= 4 is 21.5 Å². The van der Waals surface area contributed by atoms with Gasteiger partial charge in [-0.2, -0.15) is 0 Å². The molecule has 0 amide bonds. The second-order valence-corrected chi connectivity index (χ2v) is 12.6. The third kappa shape index (κ3) is 6.03. The average Bonchev–Trinajstić information content (AvgIpc) is 3.69. The van der Waals surface area contributed by atoms with Gasteiger partial charge in [-0.25, -0.2) is 8.42 Å². The molecule has 2 atom stereocenters. The minimum absolute atomic E-state index is 0.111. The highest BCUT2D eigenvalue weighted by atomic mass is 32.2. The Morgan fingerprint density at radius 1 is 1.13 bits per heavy atom. The van der Waals surface area contributed by atoms with E-state index in [2.05, 4.69) is 30.4 Å². The second-order valence-electron chi connectivity index (χ2n) is 10.3. The maximum absolute atomic E-state index is 11.4. The third-order valence-electron chi connectivity index (χ3n) is 7.29. The zero-order valence-corrected chi connectivity index (χ0v) is 22.5. The maximum Gasteiger partial charge on any atom is 0.307 e. The van der Waals surface area contributed by atoms with E-state index in [0.717, 1.165) is 56.8 Å². The zero-order valence-electron chi connectivity index (χ0n) is 21.7. The quantitative estimate of drug-likeness (QED) is 0.340. The molecule has 8 heteroatoms. The van der Waals surface area contributed by atoms with Gasteiger partial charge in [-0.15, -0.1) is 0 Å². The molecule has 0 spiro atoms. The van der Waals surface area contributed by atoms with Crippen LogP contribution in [0.1, 0.15) is 46.6 Å². The number of carboxylic acids is 1. The molecular weight excluding hydrogens is 502 g/mol. The minimum Gasteiger partial charge on any atom is -0.494 e. The normalized spacial score (nSPS) is 18.2. The Balaban J connectivity index is 1.30. The van der Waals surface area contributed by atoms with Crippen LogP contribution in [0.2, 0.25) is 0 Å². The smallest absolute Gasteiger partial charge is 0.307 e. The maximum atomic E-state index is 11.4. The predicted molar refractivity (Wildman–Crippen MR) is 147 cm³/mol. The van der Waals surface area contributed by atoms with Crippen molar-refractivity contribution in [3.8, 4) is 16.9 Å². The lowest BCUT2D eigenvalue weighted by Crippen LogP contribution is -2.08. The first-order valence-corrected chi connectivity index (χ1v) is 15.0. The summed E-state index contributed by atoms with van der Waals surface area (Å²) >= 11 is 0. The van der Waals surface area contributed by atoms with Crippen LogP contribution in [-0.4, -0.2) is 38.1 Å². The van der Waals surface area contributed by atoms with Gasteiger partial charge in [0.1, 0.15) is 15.6 Å². The van der Waals surface area contributed by atoms with Crippen LogP contribution >= 0.6 is 0 Å². The van der Waals surface area contributed by atoms with Crippen LogP contribution in [0.25, 0.3) is 11.1 Å². The molecule has 0 bridgehead atoms. The van der Waals surface area contributed by atoms with Crippen LogP contribution in [0, 0.1) is 12.8 Å². The van der Waals surface area contributed by atoms with E-state index in [4.69, 9.17) is 9.47 Å². The lowest BCUT2D eigenvalue weighted by molar-refractivity contribution is -0.138. The Labute approximate surface area is 223 Å². The number of aliphatic carboxylic acids is 1. The molecule has 5 rings (SSSR count). The van der Waals surface area contributed by atoms with Crippen LogP contribution in [0.3, 0.4) is 0 Å². The number of sulfone groups is 1. The highest BCUT2D eigenvalue weighted by molar-refractivity contribution is 7.90.